The maximum absolute atomic E-state index is 11.7. The Morgan fingerprint density at radius 1 is 1.56 bits per heavy atom. The van der Waals surface area contributed by atoms with Crippen molar-refractivity contribution in [3.05, 3.63) is 35.5 Å². The first kappa shape index (κ1) is 11.7. The van der Waals surface area contributed by atoms with E-state index in [1.54, 1.807) is 6.92 Å². The molecule has 0 aromatic rings. The lowest BCUT2D eigenvalue weighted by Gasteiger charge is -2.48. The molecule has 18 heavy (non-hydrogen) atoms. The van der Waals surface area contributed by atoms with Gasteiger partial charge in [-0.15, -0.1) is 0 Å². The van der Waals surface area contributed by atoms with Crippen molar-refractivity contribution in [3.8, 4) is 0 Å². The topological polar surface area (TPSA) is 46.5 Å². The molecule has 1 fully saturated rings. The van der Waals surface area contributed by atoms with Crippen molar-refractivity contribution in [1.29, 1.82) is 0 Å². The quantitative estimate of drug-likeness (QED) is 0.527. The minimum Gasteiger partial charge on any atom is -0.426 e. The van der Waals surface area contributed by atoms with Crippen LogP contribution in [0.1, 0.15) is 33.1 Å². The molecule has 0 saturated heterocycles. The number of hydrogen-bond acceptors (Lipinski definition) is 3. The molecule has 0 amide bonds. The van der Waals surface area contributed by atoms with E-state index < -0.39 is 5.79 Å². The minimum absolute atomic E-state index is 0.168. The van der Waals surface area contributed by atoms with Gasteiger partial charge in [-0.1, -0.05) is 31.2 Å². The largest absolute Gasteiger partial charge is 0.426 e. The number of rotatable bonds is 0. The molecule has 3 rings (SSSR count). The molecule has 1 aliphatic heterocycles. The van der Waals surface area contributed by atoms with Gasteiger partial charge >= 0.3 is 5.97 Å². The molecule has 96 valence electrons. The van der Waals surface area contributed by atoms with E-state index in [0.717, 1.165) is 12.0 Å². The van der Waals surface area contributed by atoms with E-state index in [1.807, 2.05) is 0 Å². The highest BCUT2D eigenvalue weighted by Crippen LogP contribution is 2.56. The Kier molecular flexibility index (Phi) is 2.18. The van der Waals surface area contributed by atoms with Gasteiger partial charge in [-0.05, 0) is 31.1 Å². The summed E-state index contributed by atoms with van der Waals surface area (Å²) in [6.45, 7) is 7.99. The molecular weight excluding hydrogens is 228 g/mol. The number of carbonyl (C=O) groups excluding carboxylic acids is 1. The lowest BCUT2D eigenvalue weighted by Crippen LogP contribution is -2.47. The van der Waals surface area contributed by atoms with Crippen LogP contribution in [0.15, 0.2) is 35.5 Å². The lowest BCUT2D eigenvalue weighted by atomic mass is 9.59. The van der Waals surface area contributed by atoms with Crippen molar-refractivity contribution in [2.75, 3.05) is 0 Å². The Morgan fingerprint density at radius 2 is 2.28 bits per heavy atom. The molecule has 3 aliphatic rings. The summed E-state index contributed by atoms with van der Waals surface area (Å²) in [6, 6.07) is 0. The summed E-state index contributed by atoms with van der Waals surface area (Å²) in [6.07, 6.45) is 6.23. The summed E-state index contributed by atoms with van der Waals surface area (Å²) in [4.78, 5) is 11.7. The molecule has 0 aromatic heterocycles. The second-order valence-electron chi connectivity index (χ2n) is 5.98. The second-order valence-corrected chi connectivity index (χ2v) is 5.98. The fraction of sp³-hybridized carbons (Fsp3) is 0.533. The molecule has 0 bridgehead atoms. The van der Waals surface area contributed by atoms with E-state index in [4.69, 9.17) is 4.74 Å². The molecule has 3 heteroatoms. The van der Waals surface area contributed by atoms with E-state index in [-0.39, 0.29) is 11.4 Å². The molecule has 1 saturated carbocycles. The molecule has 1 heterocycles. The first-order valence-corrected chi connectivity index (χ1v) is 6.37. The van der Waals surface area contributed by atoms with Crippen LogP contribution in [0.2, 0.25) is 0 Å². The standard InChI is InChI=1S/C15H18O3/c1-9-5-4-6-14(3)8-15(17)12(7-11(9)14)10(2)13(16)18-15/h4,6,11,17H,1,5,7-8H2,2-3H3. The lowest BCUT2D eigenvalue weighted by molar-refractivity contribution is -0.197. The van der Waals surface area contributed by atoms with Crippen molar-refractivity contribution >= 4 is 5.97 Å². The van der Waals surface area contributed by atoms with Crippen LogP contribution in [-0.4, -0.2) is 16.9 Å². The molecule has 3 nitrogen and oxygen atoms in total. The van der Waals surface area contributed by atoms with Gasteiger partial charge in [0.2, 0.25) is 5.79 Å². The number of fused-ring (bicyclic) bond motifs is 2. The highest BCUT2D eigenvalue weighted by atomic mass is 16.7. The number of allylic oxidation sites excluding steroid dienone is 3. The van der Waals surface area contributed by atoms with E-state index in [0.29, 0.717) is 24.3 Å². The molecule has 2 aliphatic carbocycles. The molecule has 0 aromatic carbocycles. The van der Waals surface area contributed by atoms with Crippen molar-refractivity contribution < 1.29 is 14.6 Å². The van der Waals surface area contributed by atoms with Crippen LogP contribution in [0.5, 0.6) is 0 Å². The minimum atomic E-state index is -1.39. The third kappa shape index (κ3) is 1.37. The maximum Gasteiger partial charge on any atom is 0.336 e. The van der Waals surface area contributed by atoms with Crippen LogP contribution >= 0.6 is 0 Å². The zero-order chi connectivity index (χ0) is 13.1. The Morgan fingerprint density at radius 3 is 3.00 bits per heavy atom. The normalized spacial score (nSPS) is 42.7. The first-order chi connectivity index (χ1) is 8.36. The summed E-state index contributed by atoms with van der Waals surface area (Å²) in [7, 11) is 0. The SMILES string of the molecule is C=C1CC=CC2(C)CC3(O)OC(=O)C(C)=C3CC12. The van der Waals surface area contributed by atoms with Gasteiger partial charge in [-0.25, -0.2) is 4.79 Å². The third-order valence-electron chi connectivity index (χ3n) is 4.69. The molecular formula is C15H18O3. The first-order valence-electron chi connectivity index (χ1n) is 6.37. The van der Waals surface area contributed by atoms with E-state index in [1.165, 1.54) is 5.57 Å². The summed E-state index contributed by atoms with van der Waals surface area (Å²) in [5.41, 5.74) is 2.34. The van der Waals surface area contributed by atoms with Gasteiger partial charge in [0.15, 0.2) is 0 Å². The molecule has 3 unspecified atom stereocenters. The van der Waals surface area contributed by atoms with Crippen molar-refractivity contribution in [2.24, 2.45) is 11.3 Å². The van der Waals surface area contributed by atoms with Crippen LogP contribution in [0.25, 0.3) is 0 Å². The predicted molar refractivity (Wildman–Crippen MR) is 67.5 cm³/mol. The summed E-state index contributed by atoms with van der Waals surface area (Å²) < 4.78 is 5.19. The number of aliphatic hydroxyl groups is 1. The van der Waals surface area contributed by atoms with Crippen molar-refractivity contribution in [3.63, 3.8) is 0 Å². The highest BCUT2D eigenvalue weighted by molar-refractivity contribution is 5.92. The fourth-order valence-electron chi connectivity index (χ4n) is 3.65. The van der Waals surface area contributed by atoms with E-state index >= 15 is 0 Å². The van der Waals surface area contributed by atoms with Crippen LogP contribution < -0.4 is 0 Å². The van der Waals surface area contributed by atoms with Crippen molar-refractivity contribution in [2.45, 2.75) is 38.9 Å². The maximum atomic E-state index is 11.7. The Labute approximate surface area is 107 Å². The average molecular weight is 246 g/mol. The Balaban J connectivity index is 2.08. The van der Waals surface area contributed by atoms with Crippen molar-refractivity contribution in [1.82, 2.24) is 0 Å². The summed E-state index contributed by atoms with van der Waals surface area (Å²) in [5, 5.41) is 10.6. The Hall–Kier alpha value is -1.35. The fourth-order valence-corrected chi connectivity index (χ4v) is 3.65. The van der Waals surface area contributed by atoms with E-state index in [9.17, 15) is 9.90 Å². The summed E-state index contributed by atoms with van der Waals surface area (Å²) in [5.74, 6) is -1.49. The van der Waals surface area contributed by atoms with Gasteiger partial charge in [-0.3, -0.25) is 0 Å². The molecule has 0 radical (unpaired) electrons. The van der Waals surface area contributed by atoms with Crippen LogP contribution in [0, 0.1) is 11.3 Å². The van der Waals surface area contributed by atoms with Gasteiger partial charge in [0.05, 0.1) is 0 Å². The van der Waals surface area contributed by atoms with Gasteiger partial charge in [0, 0.05) is 17.6 Å². The van der Waals surface area contributed by atoms with Gasteiger partial charge in [-0.2, -0.15) is 0 Å². The molecule has 1 N–H and O–H groups in total. The van der Waals surface area contributed by atoms with Crippen LogP contribution in [-0.2, 0) is 9.53 Å². The number of esters is 1. The number of carbonyl (C=O) groups is 1. The van der Waals surface area contributed by atoms with Gasteiger partial charge < -0.3 is 9.84 Å². The zero-order valence-corrected chi connectivity index (χ0v) is 10.8. The van der Waals surface area contributed by atoms with Gasteiger partial charge in [0.25, 0.3) is 0 Å². The second kappa shape index (κ2) is 3.35. The predicted octanol–water partition coefficient (Wildman–Crippen LogP) is 2.48. The average Bonchev–Trinajstić information content (AvgIpc) is 2.46. The monoisotopic (exact) mass is 246 g/mol. The highest BCUT2D eigenvalue weighted by Gasteiger charge is 2.56. The van der Waals surface area contributed by atoms with Crippen LogP contribution in [0.3, 0.4) is 0 Å². The third-order valence-corrected chi connectivity index (χ3v) is 4.69. The summed E-state index contributed by atoms with van der Waals surface area (Å²) >= 11 is 0. The van der Waals surface area contributed by atoms with E-state index in [2.05, 4.69) is 25.7 Å². The molecule has 0 spiro atoms. The van der Waals surface area contributed by atoms with Gasteiger partial charge in [0.1, 0.15) is 0 Å². The number of hydrogen-bond donors (Lipinski definition) is 1. The smallest absolute Gasteiger partial charge is 0.336 e. The zero-order valence-electron chi connectivity index (χ0n) is 10.8. The Bertz CT molecular complexity index is 512. The number of ether oxygens (including phenoxy) is 1. The molecule has 3 atom stereocenters. The van der Waals surface area contributed by atoms with Crippen LogP contribution in [0.4, 0.5) is 0 Å².